The van der Waals surface area contributed by atoms with Gasteiger partial charge in [-0.15, -0.1) is 0 Å². The smallest absolute Gasteiger partial charge is 0.264 e. The second-order valence-corrected chi connectivity index (χ2v) is 6.28. The van der Waals surface area contributed by atoms with Gasteiger partial charge in [-0.25, -0.2) is 12.8 Å². The molecule has 106 valence electrons. The molecule has 0 unspecified atom stereocenters. The van der Waals surface area contributed by atoms with Crippen LogP contribution in [0.4, 0.5) is 15.8 Å². The van der Waals surface area contributed by atoms with Gasteiger partial charge >= 0.3 is 0 Å². The van der Waals surface area contributed by atoms with E-state index in [0.29, 0.717) is 5.69 Å². The summed E-state index contributed by atoms with van der Waals surface area (Å²) in [6.45, 7) is 3.31. The number of nitrogen functional groups attached to an aromatic ring is 1. The Morgan fingerprint density at radius 2 is 1.85 bits per heavy atom. The average Bonchev–Trinajstić information content (AvgIpc) is 2.33. The summed E-state index contributed by atoms with van der Waals surface area (Å²) < 4.78 is 40.8. The Morgan fingerprint density at radius 3 is 2.50 bits per heavy atom. The minimum Gasteiger partial charge on any atom is -0.399 e. The first-order valence-electron chi connectivity index (χ1n) is 5.95. The van der Waals surface area contributed by atoms with Crippen LogP contribution in [0, 0.1) is 19.7 Å². The number of nitrogens with one attached hydrogen (secondary N) is 1. The third-order valence-electron chi connectivity index (χ3n) is 2.80. The van der Waals surface area contributed by atoms with Crippen molar-refractivity contribution in [2.45, 2.75) is 18.7 Å². The molecule has 4 nitrogen and oxygen atoms in total. The van der Waals surface area contributed by atoms with Crippen molar-refractivity contribution >= 4 is 21.4 Å². The third kappa shape index (κ3) is 2.91. The van der Waals surface area contributed by atoms with Crippen LogP contribution in [0.5, 0.6) is 0 Å². The van der Waals surface area contributed by atoms with Crippen LogP contribution in [0.2, 0.25) is 0 Å². The number of hydrogen-bond donors (Lipinski definition) is 2. The lowest BCUT2D eigenvalue weighted by Gasteiger charge is -2.11. The molecule has 20 heavy (non-hydrogen) atoms. The summed E-state index contributed by atoms with van der Waals surface area (Å²) in [5, 5.41) is 0. The van der Waals surface area contributed by atoms with Gasteiger partial charge in [0.2, 0.25) is 0 Å². The van der Waals surface area contributed by atoms with Gasteiger partial charge in [-0.3, -0.25) is 4.72 Å². The van der Waals surface area contributed by atoms with Crippen molar-refractivity contribution in [1.29, 1.82) is 0 Å². The molecule has 2 aromatic carbocycles. The molecule has 2 rings (SSSR count). The molecule has 0 radical (unpaired) electrons. The maximum absolute atomic E-state index is 14.0. The maximum atomic E-state index is 14.0. The van der Waals surface area contributed by atoms with Gasteiger partial charge in [-0.1, -0.05) is 12.1 Å². The fourth-order valence-electron chi connectivity index (χ4n) is 1.88. The molecule has 6 heteroatoms. The summed E-state index contributed by atoms with van der Waals surface area (Å²) in [4.78, 5) is -0.448. The number of halogens is 1. The number of hydrogen-bond acceptors (Lipinski definition) is 3. The largest absolute Gasteiger partial charge is 0.399 e. The molecule has 0 saturated carbocycles. The zero-order valence-corrected chi connectivity index (χ0v) is 12.0. The average molecular weight is 294 g/mol. The first kappa shape index (κ1) is 14.3. The predicted molar refractivity (Wildman–Crippen MR) is 77.5 cm³/mol. The Bertz CT molecular complexity index is 758. The van der Waals surface area contributed by atoms with E-state index >= 15 is 0 Å². The molecule has 0 aliphatic heterocycles. The second kappa shape index (κ2) is 5.13. The highest BCUT2D eigenvalue weighted by atomic mass is 32.2. The molecule has 0 aliphatic rings. The number of sulfonamides is 1. The molecular weight excluding hydrogens is 279 g/mol. The zero-order chi connectivity index (χ0) is 14.9. The summed E-state index contributed by atoms with van der Waals surface area (Å²) in [5.41, 5.74) is 7.25. The van der Waals surface area contributed by atoms with Crippen LogP contribution in [-0.4, -0.2) is 8.42 Å². The summed E-state index contributed by atoms with van der Waals surface area (Å²) in [7, 11) is -4.01. The van der Waals surface area contributed by atoms with Gasteiger partial charge in [0.1, 0.15) is 10.7 Å². The number of nitrogens with two attached hydrogens (primary N) is 1. The topological polar surface area (TPSA) is 72.2 Å². The van der Waals surface area contributed by atoms with Crippen LogP contribution in [0.25, 0.3) is 0 Å². The zero-order valence-electron chi connectivity index (χ0n) is 11.1. The van der Waals surface area contributed by atoms with Crippen molar-refractivity contribution in [3.8, 4) is 0 Å². The normalized spacial score (nSPS) is 11.3. The Morgan fingerprint density at radius 1 is 1.15 bits per heavy atom. The van der Waals surface area contributed by atoms with E-state index in [0.717, 1.165) is 11.6 Å². The molecule has 3 N–H and O–H groups in total. The van der Waals surface area contributed by atoms with Gasteiger partial charge in [0.05, 0.1) is 0 Å². The highest BCUT2D eigenvalue weighted by Gasteiger charge is 2.21. The van der Waals surface area contributed by atoms with Crippen LogP contribution >= 0.6 is 0 Å². The summed E-state index contributed by atoms with van der Waals surface area (Å²) in [6, 6.07) is 9.31. The van der Waals surface area contributed by atoms with E-state index in [1.807, 2.05) is 13.0 Å². The van der Waals surface area contributed by atoms with Gasteiger partial charge in [0.25, 0.3) is 10.0 Å². The molecule has 0 spiro atoms. The van der Waals surface area contributed by atoms with Gasteiger partial charge in [-0.05, 0) is 49.2 Å². The minimum absolute atomic E-state index is 0.189. The molecule has 0 atom stereocenters. The highest BCUT2D eigenvalue weighted by molar-refractivity contribution is 7.92. The molecule has 0 bridgehead atoms. The Balaban J connectivity index is 2.46. The van der Waals surface area contributed by atoms with Crippen LogP contribution in [0.3, 0.4) is 0 Å². The van der Waals surface area contributed by atoms with E-state index in [-0.39, 0.29) is 11.3 Å². The first-order chi connectivity index (χ1) is 9.29. The lowest BCUT2D eigenvalue weighted by molar-refractivity contribution is 0.565. The SMILES string of the molecule is Cc1cccc(NS(=O)(=O)c2cc(N)cc(C)c2F)c1. The standard InChI is InChI=1S/C14H15FN2O2S/c1-9-4-3-5-12(6-9)17-20(18,19)13-8-11(16)7-10(2)14(13)15/h3-8,17H,16H2,1-2H3. The molecule has 0 aliphatic carbocycles. The van der Waals surface area contributed by atoms with Crippen LogP contribution in [0.1, 0.15) is 11.1 Å². The number of aryl methyl sites for hydroxylation is 2. The number of rotatable bonds is 3. The van der Waals surface area contributed by atoms with E-state index in [1.165, 1.54) is 13.0 Å². The van der Waals surface area contributed by atoms with Crippen LogP contribution < -0.4 is 10.5 Å². The molecule has 0 amide bonds. The lowest BCUT2D eigenvalue weighted by atomic mass is 10.2. The van der Waals surface area contributed by atoms with Crippen molar-refractivity contribution in [2.24, 2.45) is 0 Å². The predicted octanol–water partition coefficient (Wildman–Crippen LogP) is 2.83. The van der Waals surface area contributed by atoms with Gasteiger partial charge < -0.3 is 5.73 Å². The molecule has 0 fully saturated rings. The van der Waals surface area contributed by atoms with E-state index in [9.17, 15) is 12.8 Å². The van der Waals surface area contributed by atoms with Crippen LogP contribution in [-0.2, 0) is 10.0 Å². The quantitative estimate of drug-likeness (QED) is 0.855. The molecule has 0 aromatic heterocycles. The number of benzene rings is 2. The third-order valence-corrected chi connectivity index (χ3v) is 4.18. The fraction of sp³-hybridized carbons (Fsp3) is 0.143. The van der Waals surface area contributed by atoms with E-state index in [1.54, 1.807) is 18.2 Å². The van der Waals surface area contributed by atoms with Crippen molar-refractivity contribution < 1.29 is 12.8 Å². The lowest BCUT2D eigenvalue weighted by Crippen LogP contribution is -2.15. The fourth-order valence-corrected chi connectivity index (χ4v) is 3.11. The Hall–Kier alpha value is -2.08. The molecule has 0 saturated heterocycles. The number of anilines is 2. The Labute approximate surface area is 117 Å². The summed E-state index contributed by atoms with van der Waals surface area (Å²) in [5.74, 6) is -0.792. The summed E-state index contributed by atoms with van der Waals surface area (Å²) >= 11 is 0. The van der Waals surface area contributed by atoms with Crippen molar-refractivity contribution in [2.75, 3.05) is 10.5 Å². The van der Waals surface area contributed by atoms with Crippen LogP contribution in [0.15, 0.2) is 41.3 Å². The molecule has 2 aromatic rings. The second-order valence-electron chi connectivity index (χ2n) is 4.62. The van der Waals surface area contributed by atoms with Crippen molar-refractivity contribution in [3.05, 3.63) is 53.3 Å². The summed E-state index contributed by atoms with van der Waals surface area (Å²) in [6.07, 6.45) is 0. The van der Waals surface area contributed by atoms with E-state index < -0.39 is 20.7 Å². The van der Waals surface area contributed by atoms with Gasteiger partial charge in [0.15, 0.2) is 0 Å². The van der Waals surface area contributed by atoms with Crippen molar-refractivity contribution in [1.82, 2.24) is 0 Å². The Kier molecular flexibility index (Phi) is 3.67. The first-order valence-corrected chi connectivity index (χ1v) is 7.43. The van der Waals surface area contributed by atoms with Gasteiger partial charge in [-0.2, -0.15) is 0 Å². The molecule has 0 heterocycles. The van der Waals surface area contributed by atoms with Gasteiger partial charge in [0, 0.05) is 11.4 Å². The molecular formula is C14H15FN2O2S. The van der Waals surface area contributed by atoms with Crippen molar-refractivity contribution in [3.63, 3.8) is 0 Å². The van der Waals surface area contributed by atoms with E-state index in [2.05, 4.69) is 4.72 Å². The van der Waals surface area contributed by atoms with E-state index in [4.69, 9.17) is 5.73 Å². The maximum Gasteiger partial charge on any atom is 0.264 e. The minimum atomic E-state index is -4.01. The highest BCUT2D eigenvalue weighted by Crippen LogP contribution is 2.24. The monoisotopic (exact) mass is 294 g/mol.